The van der Waals surface area contributed by atoms with E-state index in [0.29, 0.717) is 63.6 Å². The van der Waals surface area contributed by atoms with Crippen molar-refractivity contribution in [3.05, 3.63) is 85.2 Å². The molecule has 0 bridgehead atoms. The highest BCUT2D eigenvalue weighted by molar-refractivity contribution is 6.42. The van der Waals surface area contributed by atoms with Crippen LogP contribution in [0.3, 0.4) is 0 Å². The number of carbonyl (C=O) groups is 2. The molecule has 9 nitrogen and oxygen atoms in total. The fraction of sp³-hybridized carbons (Fsp3) is 0.333. The van der Waals surface area contributed by atoms with Crippen LogP contribution in [-0.4, -0.2) is 51.4 Å². The van der Waals surface area contributed by atoms with Gasteiger partial charge in [0.05, 0.1) is 28.0 Å². The number of amides is 2. The Labute approximate surface area is 230 Å². The molecule has 1 aliphatic heterocycles. The lowest BCUT2D eigenvalue weighted by atomic mass is 9.98. The summed E-state index contributed by atoms with van der Waals surface area (Å²) in [6.45, 7) is 6.70. The van der Waals surface area contributed by atoms with E-state index >= 15 is 0 Å². The van der Waals surface area contributed by atoms with Gasteiger partial charge in [0.1, 0.15) is 0 Å². The highest BCUT2D eigenvalue weighted by Gasteiger charge is 2.32. The summed E-state index contributed by atoms with van der Waals surface area (Å²) in [5.74, 6) is -0.0888. The van der Waals surface area contributed by atoms with E-state index in [0.717, 1.165) is 0 Å². The molecular formula is C27H30Cl2N6O3. The van der Waals surface area contributed by atoms with Gasteiger partial charge in [0.2, 0.25) is 5.95 Å². The third kappa shape index (κ3) is 5.70. The molecule has 1 aromatic heterocycles. The molecule has 0 unspecified atom stereocenters. The van der Waals surface area contributed by atoms with Crippen molar-refractivity contribution in [3.63, 3.8) is 0 Å². The second kappa shape index (κ2) is 11.6. The van der Waals surface area contributed by atoms with Gasteiger partial charge in [0.15, 0.2) is 0 Å². The van der Waals surface area contributed by atoms with E-state index in [1.807, 2.05) is 20.8 Å². The molecule has 200 valence electrons. The first-order valence-corrected chi connectivity index (χ1v) is 13.1. The Morgan fingerprint density at radius 2 is 1.79 bits per heavy atom. The summed E-state index contributed by atoms with van der Waals surface area (Å²) in [5.41, 5.74) is 7.79. The van der Waals surface area contributed by atoms with Gasteiger partial charge in [0, 0.05) is 41.9 Å². The van der Waals surface area contributed by atoms with E-state index < -0.39 is 0 Å². The molecule has 2 aromatic carbocycles. The van der Waals surface area contributed by atoms with Crippen molar-refractivity contribution in [1.82, 2.24) is 19.8 Å². The van der Waals surface area contributed by atoms with Crippen molar-refractivity contribution >= 4 is 41.0 Å². The number of rotatable bonds is 7. The van der Waals surface area contributed by atoms with Crippen LogP contribution in [0.4, 0.5) is 5.95 Å². The average Bonchev–Trinajstić information content (AvgIpc) is 2.88. The van der Waals surface area contributed by atoms with Gasteiger partial charge in [-0.15, -0.1) is 0 Å². The molecule has 0 fully saturated rings. The van der Waals surface area contributed by atoms with Crippen molar-refractivity contribution in [2.75, 3.05) is 18.4 Å². The Morgan fingerprint density at radius 3 is 2.42 bits per heavy atom. The number of hydrogen-bond donors (Lipinski definition) is 3. The molecule has 4 rings (SSSR count). The lowest BCUT2D eigenvalue weighted by Crippen LogP contribution is -2.46. The molecule has 0 spiro atoms. The standard InChI is InChI=1S/C27H30Cl2N6O3/c1-15(2)32-27-33-23-14-34(25(37)18-6-9-21(28)22(29)13-18)16(3)12-20(23)26(38)35(27)19-7-4-17(5-8-19)24(36)31-11-10-30/h4-9,13,15-16H,10-12,14,30H2,1-3H3,(H,31,36)(H,32,33)/t16-/m1/s1. The van der Waals surface area contributed by atoms with E-state index in [1.54, 1.807) is 47.4 Å². The van der Waals surface area contributed by atoms with Crippen LogP contribution in [0.1, 0.15) is 52.7 Å². The summed E-state index contributed by atoms with van der Waals surface area (Å²) < 4.78 is 1.52. The monoisotopic (exact) mass is 556 g/mol. The van der Waals surface area contributed by atoms with Crippen LogP contribution in [0.5, 0.6) is 0 Å². The van der Waals surface area contributed by atoms with Gasteiger partial charge in [-0.3, -0.25) is 14.4 Å². The molecule has 1 atom stereocenters. The minimum Gasteiger partial charge on any atom is -0.353 e. The number of anilines is 1. The van der Waals surface area contributed by atoms with E-state index in [2.05, 4.69) is 10.6 Å². The molecule has 38 heavy (non-hydrogen) atoms. The van der Waals surface area contributed by atoms with Crippen LogP contribution in [0.25, 0.3) is 5.69 Å². The molecule has 2 amide bonds. The third-order valence-corrected chi connectivity index (χ3v) is 7.02. The largest absolute Gasteiger partial charge is 0.353 e. The Kier molecular flexibility index (Phi) is 8.40. The van der Waals surface area contributed by atoms with E-state index in [9.17, 15) is 14.4 Å². The maximum Gasteiger partial charge on any atom is 0.263 e. The minimum absolute atomic E-state index is 0.0102. The second-order valence-corrected chi connectivity index (χ2v) is 10.3. The lowest BCUT2D eigenvalue weighted by molar-refractivity contribution is 0.0653. The Morgan fingerprint density at radius 1 is 1.11 bits per heavy atom. The molecule has 11 heteroatoms. The van der Waals surface area contributed by atoms with E-state index in [-0.39, 0.29) is 36.0 Å². The van der Waals surface area contributed by atoms with Gasteiger partial charge >= 0.3 is 0 Å². The van der Waals surface area contributed by atoms with Gasteiger partial charge in [0.25, 0.3) is 17.4 Å². The van der Waals surface area contributed by atoms with Crippen molar-refractivity contribution in [2.24, 2.45) is 5.73 Å². The van der Waals surface area contributed by atoms with Crippen molar-refractivity contribution in [1.29, 1.82) is 0 Å². The summed E-state index contributed by atoms with van der Waals surface area (Å²) in [6, 6.07) is 11.3. The summed E-state index contributed by atoms with van der Waals surface area (Å²) >= 11 is 12.2. The number of benzene rings is 2. The van der Waals surface area contributed by atoms with Crippen molar-refractivity contribution in [3.8, 4) is 5.69 Å². The van der Waals surface area contributed by atoms with Crippen LogP contribution in [-0.2, 0) is 13.0 Å². The number of fused-ring (bicyclic) bond motifs is 1. The van der Waals surface area contributed by atoms with Crippen LogP contribution < -0.4 is 21.9 Å². The molecule has 2 heterocycles. The van der Waals surface area contributed by atoms with Gasteiger partial charge in [-0.1, -0.05) is 23.2 Å². The third-order valence-electron chi connectivity index (χ3n) is 6.28. The summed E-state index contributed by atoms with van der Waals surface area (Å²) in [5, 5.41) is 6.65. The van der Waals surface area contributed by atoms with Crippen LogP contribution in [0.15, 0.2) is 47.3 Å². The van der Waals surface area contributed by atoms with Crippen LogP contribution in [0.2, 0.25) is 10.0 Å². The van der Waals surface area contributed by atoms with E-state index in [1.165, 1.54) is 4.57 Å². The van der Waals surface area contributed by atoms with Gasteiger partial charge in [-0.25, -0.2) is 9.55 Å². The molecule has 0 radical (unpaired) electrons. The number of nitrogens with one attached hydrogen (secondary N) is 2. The smallest absolute Gasteiger partial charge is 0.263 e. The van der Waals surface area contributed by atoms with E-state index in [4.69, 9.17) is 33.9 Å². The molecular weight excluding hydrogens is 527 g/mol. The Hall–Kier alpha value is -3.40. The first-order valence-electron chi connectivity index (χ1n) is 12.4. The van der Waals surface area contributed by atoms with Crippen LogP contribution in [0, 0.1) is 0 Å². The molecule has 0 saturated carbocycles. The zero-order valence-corrected chi connectivity index (χ0v) is 22.9. The highest BCUT2D eigenvalue weighted by atomic mass is 35.5. The SMILES string of the molecule is CC(C)Nc1nc2c(c(=O)n1-c1ccc(C(=O)NCCN)cc1)C[C@@H](C)N(C(=O)c1ccc(Cl)c(Cl)c1)C2. The molecule has 1 aliphatic rings. The predicted molar refractivity (Wildman–Crippen MR) is 149 cm³/mol. The Balaban J connectivity index is 1.71. The van der Waals surface area contributed by atoms with Gasteiger partial charge in [-0.05, 0) is 69.7 Å². The maximum absolute atomic E-state index is 13.8. The summed E-state index contributed by atoms with van der Waals surface area (Å²) in [6.07, 6.45) is 0.343. The molecule has 0 aliphatic carbocycles. The summed E-state index contributed by atoms with van der Waals surface area (Å²) in [4.78, 5) is 45.9. The second-order valence-electron chi connectivity index (χ2n) is 9.51. The first kappa shape index (κ1) is 27.6. The fourth-order valence-corrected chi connectivity index (χ4v) is 4.67. The molecule has 3 aromatic rings. The number of hydrogen-bond acceptors (Lipinski definition) is 6. The molecule has 4 N–H and O–H groups in total. The number of nitrogens with two attached hydrogens (primary N) is 1. The number of nitrogens with zero attached hydrogens (tertiary/aromatic N) is 3. The van der Waals surface area contributed by atoms with Crippen molar-refractivity contribution in [2.45, 2.75) is 45.8 Å². The van der Waals surface area contributed by atoms with Gasteiger partial charge in [-0.2, -0.15) is 0 Å². The highest BCUT2D eigenvalue weighted by Crippen LogP contribution is 2.27. The summed E-state index contributed by atoms with van der Waals surface area (Å²) in [7, 11) is 0. The van der Waals surface area contributed by atoms with Crippen molar-refractivity contribution < 1.29 is 9.59 Å². The zero-order chi connectivity index (χ0) is 27.6. The van der Waals surface area contributed by atoms with Gasteiger partial charge < -0.3 is 21.3 Å². The number of halogens is 2. The minimum atomic E-state index is -0.245. The number of aromatic nitrogens is 2. The zero-order valence-electron chi connectivity index (χ0n) is 21.4. The Bertz CT molecular complexity index is 1420. The average molecular weight is 557 g/mol. The normalized spacial score (nSPS) is 14.8. The maximum atomic E-state index is 13.8. The molecule has 0 saturated heterocycles. The quantitative estimate of drug-likeness (QED) is 0.408. The fourth-order valence-electron chi connectivity index (χ4n) is 4.37. The first-order chi connectivity index (χ1) is 18.1. The number of carbonyl (C=O) groups excluding carboxylic acids is 2. The van der Waals surface area contributed by atoms with Crippen LogP contribution >= 0.6 is 23.2 Å². The predicted octanol–water partition coefficient (Wildman–Crippen LogP) is 3.64. The lowest BCUT2D eigenvalue weighted by Gasteiger charge is -2.34. The topological polar surface area (TPSA) is 122 Å².